The van der Waals surface area contributed by atoms with Crippen LogP contribution >= 0.6 is 0 Å². The fourth-order valence-electron chi connectivity index (χ4n) is 4.08. The zero-order chi connectivity index (χ0) is 30.3. The number of aliphatic carboxylic acids is 2. The topological polar surface area (TPSA) is 138 Å². The van der Waals surface area contributed by atoms with E-state index in [1.54, 1.807) is 23.3 Å². The molecule has 1 spiro atoms. The van der Waals surface area contributed by atoms with Crippen molar-refractivity contribution in [1.82, 2.24) is 24.6 Å². The van der Waals surface area contributed by atoms with Gasteiger partial charge in [-0.3, -0.25) is 14.4 Å². The summed E-state index contributed by atoms with van der Waals surface area (Å²) in [6.45, 7) is 3.27. The van der Waals surface area contributed by atoms with Crippen LogP contribution in [0.2, 0.25) is 0 Å². The summed E-state index contributed by atoms with van der Waals surface area (Å²) in [5.41, 5.74) is 0.740. The molecule has 2 fully saturated rings. The predicted octanol–water partition coefficient (Wildman–Crippen LogP) is 2.70. The van der Waals surface area contributed by atoms with E-state index in [4.69, 9.17) is 24.5 Å². The first-order valence-corrected chi connectivity index (χ1v) is 11.6. The first-order valence-electron chi connectivity index (χ1n) is 11.6. The number of halogens is 6. The molecular weight excluding hydrogens is 556 g/mol. The summed E-state index contributed by atoms with van der Waals surface area (Å²) < 4.78 is 71.0. The van der Waals surface area contributed by atoms with Gasteiger partial charge in [0.15, 0.2) is 0 Å². The van der Waals surface area contributed by atoms with Gasteiger partial charge in [-0.25, -0.2) is 14.6 Å². The number of rotatable bonds is 4. The van der Waals surface area contributed by atoms with Crippen molar-refractivity contribution in [2.75, 3.05) is 33.3 Å². The average Bonchev–Trinajstić information content (AvgIpc) is 3.28. The Bertz CT molecular complexity index is 1130. The monoisotopic (exact) mass is 583 g/mol. The van der Waals surface area contributed by atoms with Crippen molar-refractivity contribution < 1.29 is 55.7 Å². The second-order valence-electron chi connectivity index (χ2n) is 9.15. The van der Waals surface area contributed by atoms with Crippen molar-refractivity contribution in [3.63, 3.8) is 0 Å². The third-order valence-electron chi connectivity index (χ3n) is 6.15. The Morgan fingerprint density at radius 2 is 1.62 bits per heavy atom. The van der Waals surface area contributed by atoms with Crippen LogP contribution < -0.4 is 4.74 Å². The van der Waals surface area contributed by atoms with Gasteiger partial charge in [-0.2, -0.15) is 31.4 Å². The SMILES string of the molecule is CN1CCC(COc2ccccn2)CC12CN(C(=O)c1cnn(C)c1)C2.O=C(O)C(F)(F)F.O=C(O)C(F)(F)F. The van der Waals surface area contributed by atoms with Crippen molar-refractivity contribution in [1.29, 1.82) is 0 Å². The van der Waals surface area contributed by atoms with Gasteiger partial charge in [-0.1, -0.05) is 6.07 Å². The number of nitrogens with zero attached hydrogens (tertiary/aromatic N) is 5. The van der Waals surface area contributed by atoms with Crippen LogP contribution in [0.1, 0.15) is 23.2 Å². The van der Waals surface area contributed by atoms with E-state index in [0.29, 0.717) is 24.0 Å². The largest absolute Gasteiger partial charge is 0.490 e. The van der Waals surface area contributed by atoms with Gasteiger partial charge in [0.25, 0.3) is 5.91 Å². The van der Waals surface area contributed by atoms with Gasteiger partial charge >= 0.3 is 24.3 Å². The fraction of sp³-hybridized carbons (Fsp3) is 0.522. The predicted molar refractivity (Wildman–Crippen MR) is 124 cm³/mol. The van der Waals surface area contributed by atoms with E-state index in [2.05, 4.69) is 22.0 Å². The number of piperidine rings is 1. The molecule has 4 rings (SSSR count). The number of likely N-dealkylation sites (tertiary alicyclic amines) is 2. The Hall–Kier alpha value is -3.89. The third-order valence-corrected chi connectivity index (χ3v) is 6.15. The summed E-state index contributed by atoms with van der Waals surface area (Å²) in [6.07, 6.45) is -2.84. The number of pyridine rings is 1. The molecule has 11 nitrogen and oxygen atoms in total. The maximum Gasteiger partial charge on any atom is 0.490 e. The number of aryl methyl sites for hydroxylation is 1. The number of hydrogen-bond acceptors (Lipinski definition) is 7. The molecule has 2 aliphatic rings. The maximum absolute atomic E-state index is 12.6. The zero-order valence-electron chi connectivity index (χ0n) is 21.3. The second kappa shape index (κ2) is 13.0. The lowest BCUT2D eigenvalue weighted by molar-refractivity contribution is -0.193. The molecule has 1 amide bonds. The first kappa shape index (κ1) is 32.3. The number of ether oxygens (including phenoxy) is 1. The number of likely N-dealkylation sites (N-methyl/N-ethyl adjacent to an activating group) is 1. The Kier molecular flexibility index (Phi) is 10.5. The van der Waals surface area contributed by atoms with E-state index in [-0.39, 0.29) is 11.4 Å². The Morgan fingerprint density at radius 3 is 2.08 bits per heavy atom. The van der Waals surface area contributed by atoms with E-state index in [0.717, 1.165) is 32.5 Å². The molecule has 0 aliphatic carbocycles. The molecule has 0 radical (unpaired) electrons. The highest BCUT2D eigenvalue weighted by Gasteiger charge is 2.51. The van der Waals surface area contributed by atoms with Crippen molar-refractivity contribution in [2.45, 2.75) is 30.7 Å². The Labute approximate surface area is 223 Å². The molecule has 40 heavy (non-hydrogen) atoms. The molecule has 2 N–H and O–H groups in total. The minimum atomic E-state index is -5.08. The number of hydrogen-bond donors (Lipinski definition) is 2. The molecule has 1 atom stereocenters. The molecule has 1 unspecified atom stereocenters. The number of carbonyl (C=O) groups is 3. The summed E-state index contributed by atoms with van der Waals surface area (Å²) >= 11 is 0. The van der Waals surface area contributed by atoms with Crippen molar-refractivity contribution in [3.8, 4) is 5.88 Å². The van der Waals surface area contributed by atoms with Gasteiger partial charge < -0.3 is 19.8 Å². The van der Waals surface area contributed by atoms with E-state index in [1.807, 2.05) is 30.1 Å². The van der Waals surface area contributed by atoms with Crippen LogP contribution in [-0.4, -0.2) is 104 Å². The third kappa shape index (κ3) is 9.10. The summed E-state index contributed by atoms with van der Waals surface area (Å²) in [5.74, 6) is -4.27. The molecular formula is C23H27F6N5O6. The highest BCUT2D eigenvalue weighted by molar-refractivity contribution is 5.94. The molecule has 4 heterocycles. The maximum atomic E-state index is 12.6. The summed E-state index contributed by atoms with van der Waals surface area (Å²) in [6, 6.07) is 5.72. The minimum absolute atomic E-state index is 0.0731. The standard InChI is InChI=1S/C19H25N5O2.2C2HF3O2/c1-22-8-6-15(12-26-17-5-3-4-7-20-17)9-19(22)13-24(14-19)18(25)16-10-21-23(2)11-16;2*3-2(4,5)1(6)7/h3-5,7,10-11,15H,6,8-9,12-14H2,1-2H3;2*(H,6,7). The molecule has 0 saturated carbocycles. The number of amides is 1. The molecule has 17 heteroatoms. The van der Waals surface area contributed by atoms with Gasteiger partial charge in [0.05, 0.1) is 23.9 Å². The van der Waals surface area contributed by atoms with Crippen LogP contribution in [0.4, 0.5) is 26.3 Å². The van der Waals surface area contributed by atoms with Gasteiger partial charge in [-0.05, 0) is 38.4 Å². The molecule has 2 saturated heterocycles. The van der Waals surface area contributed by atoms with E-state index in [9.17, 15) is 31.1 Å². The average molecular weight is 583 g/mol. The quantitative estimate of drug-likeness (QED) is 0.521. The minimum Gasteiger partial charge on any atom is -0.477 e. The summed E-state index contributed by atoms with van der Waals surface area (Å²) in [5, 5.41) is 18.3. The lowest BCUT2D eigenvalue weighted by atomic mass is 9.75. The molecule has 0 aromatic carbocycles. The van der Waals surface area contributed by atoms with E-state index in [1.165, 1.54) is 0 Å². The van der Waals surface area contributed by atoms with Gasteiger partial charge in [0.1, 0.15) is 0 Å². The van der Waals surface area contributed by atoms with Crippen LogP contribution in [0.15, 0.2) is 36.8 Å². The van der Waals surface area contributed by atoms with Crippen LogP contribution in [0, 0.1) is 5.92 Å². The first-order chi connectivity index (χ1) is 18.4. The molecule has 2 aromatic rings. The number of alkyl halides is 6. The Morgan fingerprint density at radius 1 is 1.05 bits per heavy atom. The van der Waals surface area contributed by atoms with Gasteiger partial charge in [-0.15, -0.1) is 0 Å². The molecule has 0 bridgehead atoms. The van der Waals surface area contributed by atoms with Crippen molar-refractivity contribution in [2.24, 2.45) is 13.0 Å². The van der Waals surface area contributed by atoms with Gasteiger partial charge in [0, 0.05) is 38.6 Å². The smallest absolute Gasteiger partial charge is 0.477 e. The number of aromatic nitrogens is 3. The van der Waals surface area contributed by atoms with Crippen LogP contribution in [0.25, 0.3) is 0 Å². The number of carboxylic acids is 2. The fourth-order valence-corrected chi connectivity index (χ4v) is 4.08. The summed E-state index contributed by atoms with van der Waals surface area (Å²) in [4.78, 5) is 38.9. The summed E-state index contributed by atoms with van der Waals surface area (Å²) in [7, 11) is 4.00. The molecule has 2 aliphatic heterocycles. The van der Waals surface area contributed by atoms with E-state index >= 15 is 0 Å². The Balaban J connectivity index is 0.000000333. The molecule has 2 aromatic heterocycles. The number of carboxylic acid groups (broad SMARTS) is 2. The zero-order valence-corrected chi connectivity index (χ0v) is 21.3. The highest BCUT2D eigenvalue weighted by Crippen LogP contribution is 2.39. The van der Waals surface area contributed by atoms with Crippen LogP contribution in [0.3, 0.4) is 0 Å². The van der Waals surface area contributed by atoms with Crippen LogP contribution in [-0.2, 0) is 16.6 Å². The van der Waals surface area contributed by atoms with E-state index < -0.39 is 24.3 Å². The van der Waals surface area contributed by atoms with Crippen molar-refractivity contribution >= 4 is 17.8 Å². The molecule has 222 valence electrons. The van der Waals surface area contributed by atoms with Crippen LogP contribution in [0.5, 0.6) is 5.88 Å². The highest BCUT2D eigenvalue weighted by atomic mass is 19.4. The lowest BCUT2D eigenvalue weighted by Crippen LogP contribution is -2.72. The van der Waals surface area contributed by atoms with Crippen molar-refractivity contribution in [3.05, 3.63) is 42.4 Å². The van der Waals surface area contributed by atoms with Gasteiger partial charge in [0.2, 0.25) is 5.88 Å². The second-order valence-corrected chi connectivity index (χ2v) is 9.15. The lowest BCUT2D eigenvalue weighted by Gasteiger charge is -2.58. The number of carbonyl (C=O) groups excluding carboxylic acids is 1. The normalized spacial score (nSPS) is 18.4.